The highest BCUT2D eigenvalue weighted by Gasteiger charge is 1.96. The van der Waals surface area contributed by atoms with Gasteiger partial charge in [-0.15, -0.1) is 0 Å². The maximum Gasteiger partial charge on any atom is 0.0966 e. The second kappa shape index (κ2) is 5.10. The minimum atomic E-state index is 0.298. The van der Waals surface area contributed by atoms with Gasteiger partial charge in [-0.25, -0.2) is 0 Å². The Morgan fingerprint density at radius 1 is 1.21 bits per heavy atom. The molecular formula is C13H13N. The van der Waals surface area contributed by atoms with Gasteiger partial charge in [0, 0.05) is 5.56 Å². The number of hydrogen-bond donors (Lipinski definition) is 0. The van der Waals surface area contributed by atoms with Gasteiger partial charge in [0.1, 0.15) is 0 Å². The van der Waals surface area contributed by atoms with E-state index in [2.05, 4.69) is 37.8 Å². The standard InChI is InChI=1S/C13H13N/c1-11(2)13-8-6-12(7-9-13)5-3-4-10-14/h6-9,11H,4H2,1-2H3. The number of benzene rings is 1. The molecule has 0 radical (unpaired) electrons. The van der Waals surface area contributed by atoms with Gasteiger partial charge >= 0.3 is 0 Å². The van der Waals surface area contributed by atoms with Gasteiger partial charge in [0.15, 0.2) is 0 Å². The summed E-state index contributed by atoms with van der Waals surface area (Å²) in [5, 5.41) is 8.31. The highest BCUT2D eigenvalue weighted by Crippen LogP contribution is 2.13. The molecule has 0 atom stereocenters. The summed E-state index contributed by atoms with van der Waals surface area (Å²) in [4.78, 5) is 0. The SMILES string of the molecule is CC(C)c1ccc(C#CCC#N)cc1. The summed E-state index contributed by atoms with van der Waals surface area (Å²) in [6.07, 6.45) is 0.298. The van der Waals surface area contributed by atoms with Crippen molar-refractivity contribution in [3.8, 4) is 17.9 Å². The minimum Gasteiger partial charge on any atom is -0.197 e. The fraction of sp³-hybridized carbons (Fsp3) is 0.308. The third-order valence-electron chi connectivity index (χ3n) is 1.98. The van der Waals surface area contributed by atoms with E-state index in [4.69, 9.17) is 5.26 Å². The van der Waals surface area contributed by atoms with E-state index in [-0.39, 0.29) is 0 Å². The molecule has 70 valence electrons. The number of hydrogen-bond acceptors (Lipinski definition) is 1. The van der Waals surface area contributed by atoms with Gasteiger partial charge in [-0.2, -0.15) is 5.26 Å². The fourth-order valence-corrected chi connectivity index (χ4v) is 1.14. The topological polar surface area (TPSA) is 23.8 Å². The lowest BCUT2D eigenvalue weighted by Gasteiger charge is -2.03. The van der Waals surface area contributed by atoms with Crippen LogP contribution in [0.3, 0.4) is 0 Å². The summed E-state index contributed by atoms with van der Waals surface area (Å²) >= 11 is 0. The van der Waals surface area contributed by atoms with Crippen LogP contribution in [0.25, 0.3) is 0 Å². The van der Waals surface area contributed by atoms with E-state index in [1.54, 1.807) is 0 Å². The summed E-state index contributed by atoms with van der Waals surface area (Å²) in [6, 6.07) is 10.2. The van der Waals surface area contributed by atoms with E-state index in [0.29, 0.717) is 12.3 Å². The molecule has 0 amide bonds. The molecule has 1 aromatic rings. The van der Waals surface area contributed by atoms with Crippen molar-refractivity contribution < 1.29 is 0 Å². The van der Waals surface area contributed by atoms with Crippen LogP contribution in [-0.4, -0.2) is 0 Å². The second-order valence-corrected chi connectivity index (χ2v) is 3.41. The van der Waals surface area contributed by atoms with E-state index in [0.717, 1.165) is 5.56 Å². The smallest absolute Gasteiger partial charge is 0.0966 e. The summed E-state index contributed by atoms with van der Waals surface area (Å²) < 4.78 is 0. The van der Waals surface area contributed by atoms with Crippen LogP contribution >= 0.6 is 0 Å². The van der Waals surface area contributed by atoms with Crippen molar-refractivity contribution >= 4 is 0 Å². The van der Waals surface area contributed by atoms with Crippen molar-refractivity contribution in [2.75, 3.05) is 0 Å². The molecule has 0 bridgehead atoms. The second-order valence-electron chi connectivity index (χ2n) is 3.41. The zero-order chi connectivity index (χ0) is 10.4. The molecule has 14 heavy (non-hydrogen) atoms. The molecule has 0 aliphatic heterocycles. The summed E-state index contributed by atoms with van der Waals surface area (Å²) in [7, 11) is 0. The predicted octanol–water partition coefficient (Wildman–Crippen LogP) is 3.08. The molecule has 1 nitrogen and oxygen atoms in total. The summed E-state index contributed by atoms with van der Waals surface area (Å²) in [6.45, 7) is 4.33. The Hall–Kier alpha value is -1.73. The lowest BCUT2D eigenvalue weighted by molar-refractivity contribution is 0.866. The number of nitriles is 1. The van der Waals surface area contributed by atoms with Gasteiger partial charge in [-0.1, -0.05) is 37.8 Å². The summed E-state index contributed by atoms with van der Waals surface area (Å²) in [5.74, 6) is 6.28. The van der Waals surface area contributed by atoms with E-state index in [1.807, 2.05) is 18.2 Å². The molecule has 0 saturated heterocycles. The molecule has 0 fully saturated rings. The van der Waals surface area contributed by atoms with Gasteiger partial charge < -0.3 is 0 Å². The van der Waals surface area contributed by atoms with E-state index in [9.17, 15) is 0 Å². The van der Waals surface area contributed by atoms with Gasteiger partial charge in [0.25, 0.3) is 0 Å². The number of nitrogens with zero attached hydrogens (tertiary/aromatic N) is 1. The molecule has 0 aromatic heterocycles. The monoisotopic (exact) mass is 183 g/mol. The Morgan fingerprint density at radius 3 is 2.36 bits per heavy atom. The van der Waals surface area contributed by atoms with Crippen LogP contribution < -0.4 is 0 Å². The van der Waals surface area contributed by atoms with Crippen molar-refractivity contribution in [2.24, 2.45) is 0 Å². The molecule has 0 unspecified atom stereocenters. The first-order valence-corrected chi connectivity index (χ1v) is 4.70. The molecule has 1 aromatic carbocycles. The van der Waals surface area contributed by atoms with Crippen LogP contribution in [0.4, 0.5) is 0 Å². The van der Waals surface area contributed by atoms with Crippen LogP contribution in [0, 0.1) is 23.2 Å². The molecule has 0 N–H and O–H groups in total. The van der Waals surface area contributed by atoms with Crippen LogP contribution in [0.2, 0.25) is 0 Å². The van der Waals surface area contributed by atoms with Crippen LogP contribution in [0.5, 0.6) is 0 Å². The first kappa shape index (κ1) is 10.4. The molecule has 0 saturated carbocycles. The Balaban J connectivity index is 2.76. The average Bonchev–Trinajstić information content (AvgIpc) is 2.19. The minimum absolute atomic E-state index is 0.298. The average molecular weight is 183 g/mol. The third kappa shape index (κ3) is 2.96. The van der Waals surface area contributed by atoms with Gasteiger partial charge in [-0.3, -0.25) is 0 Å². The normalized spacial score (nSPS) is 9.00. The lowest BCUT2D eigenvalue weighted by Crippen LogP contribution is -1.86. The Morgan fingerprint density at radius 2 is 1.86 bits per heavy atom. The van der Waals surface area contributed by atoms with E-state index < -0.39 is 0 Å². The van der Waals surface area contributed by atoms with Crippen molar-refractivity contribution in [3.05, 3.63) is 35.4 Å². The van der Waals surface area contributed by atoms with Gasteiger partial charge in [-0.05, 0) is 23.6 Å². The zero-order valence-corrected chi connectivity index (χ0v) is 8.54. The fourth-order valence-electron chi connectivity index (χ4n) is 1.14. The van der Waals surface area contributed by atoms with Crippen molar-refractivity contribution in [1.29, 1.82) is 5.26 Å². The van der Waals surface area contributed by atoms with Crippen LogP contribution in [0.1, 0.15) is 37.3 Å². The number of rotatable bonds is 1. The Labute approximate surface area is 85.4 Å². The quantitative estimate of drug-likeness (QED) is 0.614. The molecule has 0 heterocycles. The molecule has 1 rings (SSSR count). The summed E-state index contributed by atoms with van der Waals surface area (Å²) in [5.41, 5.74) is 2.29. The first-order chi connectivity index (χ1) is 6.74. The Kier molecular flexibility index (Phi) is 3.77. The Bertz CT molecular complexity index is 382. The maximum absolute atomic E-state index is 8.31. The van der Waals surface area contributed by atoms with Crippen LogP contribution in [-0.2, 0) is 0 Å². The predicted molar refractivity (Wildman–Crippen MR) is 57.6 cm³/mol. The van der Waals surface area contributed by atoms with Crippen LogP contribution in [0.15, 0.2) is 24.3 Å². The van der Waals surface area contributed by atoms with Crippen molar-refractivity contribution in [1.82, 2.24) is 0 Å². The van der Waals surface area contributed by atoms with Gasteiger partial charge in [0.05, 0.1) is 12.5 Å². The van der Waals surface area contributed by atoms with Crippen molar-refractivity contribution in [2.45, 2.75) is 26.2 Å². The largest absolute Gasteiger partial charge is 0.197 e. The van der Waals surface area contributed by atoms with E-state index >= 15 is 0 Å². The highest BCUT2D eigenvalue weighted by atomic mass is 14.2. The first-order valence-electron chi connectivity index (χ1n) is 4.70. The zero-order valence-electron chi connectivity index (χ0n) is 8.54. The molecule has 0 aliphatic carbocycles. The molecular weight excluding hydrogens is 170 g/mol. The molecule has 1 heteroatoms. The molecule has 0 spiro atoms. The lowest BCUT2D eigenvalue weighted by atomic mass is 10.0. The van der Waals surface area contributed by atoms with Crippen molar-refractivity contribution in [3.63, 3.8) is 0 Å². The maximum atomic E-state index is 8.31. The molecule has 0 aliphatic rings. The van der Waals surface area contributed by atoms with E-state index in [1.165, 1.54) is 5.56 Å². The highest BCUT2D eigenvalue weighted by molar-refractivity contribution is 5.37. The third-order valence-corrected chi connectivity index (χ3v) is 1.98. The van der Waals surface area contributed by atoms with Gasteiger partial charge in [0.2, 0.25) is 0 Å².